The van der Waals surface area contributed by atoms with Crippen LogP contribution in [0.5, 0.6) is 11.5 Å². The van der Waals surface area contributed by atoms with Crippen LogP contribution in [0, 0.1) is 11.7 Å². The van der Waals surface area contributed by atoms with E-state index in [2.05, 4.69) is 20.3 Å². The minimum atomic E-state index is -0.519. The fraction of sp³-hybridized carbons (Fsp3) is 0.440. The molecule has 1 saturated carbocycles. The summed E-state index contributed by atoms with van der Waals surface area (Å²) in [6.07, 6.45) is 6.60. The Bertz CT molecular complexity index is 1260. The first-order valence-corrected chi connectivity index (χ1v) is 11.8. The van der Waals surface area contributed by atoms with Crippen molar-refractivity contribution in [1.82, 2.24) is 25.2 Å². The van der Waals surface area contributed by atoms with Crippen LogP contribution >= 0.6 is 0 Å². The number of aromatic nitrogens is 3. The Morgan fingerprint density at radius 1 is 1.17 bits per heavy atom. The van der Waals surface area contributed by atoms with Gasteiger partial charge in [-0.25, -0.2) is 14.4 Å². The highest BCUT2D eigenvalue weighted by atomic mass is 19.1. The third-order valence-electron chi connectivity index (χ3n) is 6.66. The predicted molar refractivity (Wildman–Crippen MR) is 127 cm³/mol. The highest BCUT2D eigenvalue weighted by molar-refractivity contribution is 6.08. The summed E-state index contributed by atoms with van der Waals surface area (Å²) < 4.78 is 25.6. The summed E-state index contributed by atoms with van der Waals surface area (Å²) in [6.45, 7) is 3.31. The highest BCUT2D eigenvalue weighted by Crippen LogP contribution is 2.39. The zero-order valence-electron chi connectivity index (χ0n) is 19.8. The van der Waals surface area contributed by atoms with E-state index < -0.39 is 5.82 Å². The molecule has 35 heavy (non-hydrogen) atoms. The van der Waals surface area contributed by atoms with Gasteiger partial charge in [-0.1, -0.05) is 0 Å². The molecular weight excluding hydrogens is 453 g/mol. The maximum Gasteiger partial charge on any atom is 0.255 e. The van der Waals surface area contributed by atoms with Gasteiger partial charge in [0.05, 0.1) is 24.8 Å². The number of methoxy groups -OCH3 is 1. The number of halogens is 1. The number of benzene rings is 1. The van der Waals surface area contributed by atoms with Crippen LogP contribution in [0.25, 0.3) is 22.3 Å². The summed E-state index contributed by atoms with van der Waals surface area (Å²) in [6, 6.07) is 2.85. The van der Waals surface area contributed by atoms with Gasteiger partial charge in [-0.3, -0.25) is 9.59 Å². The first kappa shape index (κ1) is 23.1. The second-order valence-electron chi connectivity index (χ2n) is 9.14. The molecule has 3 heterocycles. The molecule has 0 unspecified atom stereocenters. The van der Waals surface area contributed by atoms with Gasteiger partial charge in [0.25, 0.3) is 5.91 Å². The minimum Gasteiger partial charge on any atom is -0.494 e. The van der Waals surface area contributed by atoms with Gasteiger partial charge >= 0.3 is 0 Å². The van der Waals surface area contributed by atoms with Gasteiger partial charge in [0.1, 0.15) is 23.3 Å². The fourth-order valence-electron chi connectivity index (χ4n) is 4.41. The number of H-pyrrole nitrogens is 1. The van der Waals surface area contributed by atoms with Crippen LogP contribution in [0.3, 0.4) is 0 Å². The summed E-state index contributed by atoms with van der Waals surface area (Å²) in [5, 5.41) is 3.06. The fourth-order valence-corrected chi connectivity index (χ4v) is 4.41. The molecule has 0 atom stereocenters. The molecule has 1 aliphatic heterocycles. The lowest BCUT2D eigenvalue weighted by molar-refractivity contribution is -0.129. The van der Waals surface area contributed by atoms with Gasteiger partial charge in [-0.15, -0.1) is 0 Å². The number of nitrogens with one attached hydrogen (secondary N) is 2. The number of aromatic amines is 1. The van der Waals surface area contributed by atoms with Gasteiger partial charge in [-0.05, 0) is 37.7 Å². The number of rotatable bonds is 7. The molecule has 1 saturated heterocycles. The van der Waals surface area contributed by atoms with E-state index in [1.807, 2.05) is 0 Å². The number of hydrogen-bond acceptors (Lipinski definition) is 6. The normalized spacial score (nSPS) is 16.4. The number of fused-ring (bicyclic) bond motifs is 1. The monoisotopic (exact) mass is 481 g/mol. The molecule has 2 aromatic heterocycles. The highest BCUT2D eigenvalue weighted by Gasteiger charge is 2.26. The van der Waals surface area contributed by atoms with Gasteiger partial charge < -0.3 is 24.7 Å². The van der Waals surface area contributed by atoms with E-state index in [1.165, 1.54) is 19.5 Å². The summed E-state index contributed by atoms with van der Waals surface area (Å²) in [4.78, 5) is 38.3. The van der Waals surface area contributed by atoms with Crippen LogP contribution in [0.1, 0.15) is 43.0 Å². The Labute approximate surface area is 202 Å². The molecule has 1 aliphatic carbocycles. The second-order valence-corrected chi connectivity index (χ2v) is 9.14. The van der Waals surface area contributed by atoms with Crippen molar-refractivity contribution >= 4 is 22.8 Å². The molecule has 2 fully saturated rings. The topological polar surface area (TPSA) is 109 Å². The van der Waals surface area contributed by atoms with E-state index in [-0.39, 0.29) is 23.6 Å². The van der Waals surface area contributed by atoms with Crippen LogP contribution in [-0.2, 0) is 4.79 Å². The minimum absolute atomic E-state index is 0.0202. The van der Waals surface area contributed by atoms with Crippen molar-refractivity contribution in [2.24, 2.45) is 5.92 Å². The number of nitrogens with zero attached hydrogens (tertiary/aromatic N) is 3. The van der Waals surface area contributed by atoms with Gasteiger partial charge in [0.15, 0.2) is 11.6 Å². The zero-order chi connectivity index (χ0) is 24.5. The molecule has 3 aromatic rings. The molecule has 2 N–H and O–H groups in total. The van der Waals surface area contributed by atoms with E-state index in [0.29, 0.717) is 72.1 Å². The molecule has 2 aliphatic rings. The van der Waals surface area contributed by atoms with E-state index >= 15 is 0 Å². The lowest BCUT2D eigenvalue weighted by Gasteiger charge is -2.31. The third kappa shape index (κ3) is 4.78. The lowest BCUT2D eigenvalue weighted by Crippen LogP contribution is -2.45. The molecule has 2 amide bonds. The molecule has 0 radical (unpaired) electrons. The Morgan fingerprint density at radius 3 is 2.63 bits per heavy atom. The molecule has 9 nitrogen and oxygen atoms in total. The Morgan fingerprint density at radius 2 is 1.94 bits per heavy atom. The number of piperidine rings is 1. The quantitative estimate of drug-likeness (QED) is 0.536. The Hall–Kier alpha value is -3.69. The van der Waals surface area contributed by atoms with Crippen molar-refractivity contribution in [1.29, 1.82) is 0 Å². The number of amides is 2. The number of carbonyl (C=O) groups excluding carboxylic acids is 2. The Balaban J connectivity index is 1.43. The molecule has 0 bridgehead atoms. The van der Waals surface area contributed by atoms with Crippen LogP contribution in [-0.4, -0.2) is 64.5 Å². The number of carbonyl (C=O) groups is 2. The average molecular weight is 482 g/mol. The SMILES string of the molecule is COc1cc(-c2ncnc3c(C(=O)NC4CCN(C(C)=O)CC4)c[nH]c23)c(OCC2CC2)cc1F. The molecule has 5 rings (SSSR count). The summed E-state index contributed by atoms with van der Waals surface area (Å²) in [5.41, 5.74) is 2.46. The van der Waals surface area contributed by atoms with Crippen molar-refractivity contribution in [3.05, 3.63) is 36.0 Å². The number of ether oxygens (including phenoxy) is 2. The largest absolute Gasteiger partial charge is 0.494 e. The smallest absolute Gasteiger partial charge is 0.255 e. The summed E-state index contributed by atoms with van der Waals surface area (Å²) in [5.74, 6) is 0.217. The number of hydrogen-bond donors (Lipinski definition) is 2. The van der Waals surface area contributed by atoms with E-state index in [4.69, 9.17) is 9.47 Å². The van der Waals surface area contributed by atoms with Gasteiger partial charge in [0.2, 0.25) is 5.91 Å². The van der Waals surface area contributed by atoms with Crippen LogP contribution in [0.2, 0.25) is 0 Å². The van der Waals surface area contributed by atoms with Crippen LogP contribution in [0.15, 0.2) is 24.7 Å². The maximum absolute atomic E-state index is 14.5. The van der Waals surface area contributed by atoms with E-state index in [0.717, 1.165) is 12.8 Å². The molecule has 184 valence electrons. The van der Waals surface area contributed by atoms with Crippen LogP contribution < -0.4 is 14.8 Å². The van der Waals surface area contributed by atoms with Gasteiger partial charge in [0, 0.05) is 43.9 Å². The Kier molecular flexibility index (Phi) is 6.27. The first-order chi connectivity index (χ1) is 16.9. The van der Waals surface area contributed by atoms with Crippen molar-refractivity contribution in [2.75, 3.05) is 26.8 Å². The summed E-state index contributed by atoms with van der Waals surface area (Å²) >= 11 is 0. The predicted octanol–water partition coefficient (Wildman–Crippen LogP) is 3.30. The van der Waals surface area contributed by atoms with Gasteiger partial charge in [-0.2, -0.15) is 0 Å². The first-order valence-electron chi connectivity index (χ1n) is 11.8. The maximum atomic E-state index is 14.5. The van der Waals surface area contributed by atoms with Crippen molar-refractivity contribution < 1.29 is 23.5 Å². The molecular formula is C25H28FN5O4. The average Bonchev–Trinajstić information content (AvgIpc) is 3.58. The number of likely N-dealkylation sites (tertiary alicyclic amines) is 1. The molecule has 10 heteroatoms. The second kappa shape index (κ2) is 9.52. The van der Waals surface area contributed by atoms with Crippen molar-refractivity contribution in [3.63, 3.8) is 0 Å². The molecule has 0 spiro atoms. The standard InChI is InChI=1S/C25H28FN5O4/c1-14(32)31-7-5-16(6-8-31)30-25(33)18-11-27-24-22(28-13-29-23(18)24)17-9-21(34-2)19(26)10-20(17)35-12-15-3-4-15/h9-11,13,15-16,27H,3-8,12H2,1-2H3,(H,30,33). The summed E-state index contributed by atoms with van der Waals surface area (Å²) in [7, 11) is 1.40. The van der Waals surface area contributed by atoms with E-state index in [1.54, 1.807) is 24.1 Å². The molecule has 1 aromatic carbocycles. The van der Waals surface area contributed by atoms with Crippen molar-refractivity contribution in [2.45, 2.75) is 38.6 Å². The van der Waals surface area contributed by atoms with E-state index in [9.17, 15) is 14.0 Å². The zero-order valence-corrected chi connectivity index (χ0v) is 19.8. The van der Waals surface area contributed by atoms with Crippen molar-refractivity contribution in [3.8, 4) is 22.8 Å². The lowest BCUT2D eigenvalue weighted by atomic mass is 10.0. The third-order valence-corrected chi connectivity index (χ3v) is 6.66. The van der Waals surface area contributed by atoms with Crippen LogP contribution in [0.4, 0.5) is 4.39 Å².